The van der Waals surface area contributed by atoms with Crippen molar-refractivity contribution in [1.29, 1.82) is 0 Å². The fourth-order valence-electron chi connectivity index (χ4n) is 2.17. The lowest BCUT2D eigenvalue weighted by atomic mass is 10.0. The predicted molar refractivity (Wildman–Crippen MR) is 73.9 cm³/mol. The Bertz CT molecular complexity index is 497. The summed E-state index contributed by atoms with van der Waals surface area (Å²) < 4.78 is 0. The molecule has 0 aromatic carbocycles. The number of hydrogen-bond acceptors (Lipinski definition) is 1. The van der Waals surface area contributed by atoms with Gasteiger partial charge in [0, 0.05) is 4.90 Å². The van der Waals surface area contributed by atoms with E-state index in [4.69, 9.17) is 0 Å². The van der Waals surface area contributed by atoms with Crippen LogP contribution in [-0.2, 0) is 0 Å². The molecule has 0 saturated heterocycles. The number of thiol groups is 1. The smallest absolute Gasteiger partial charge is 0.0124 e. The van der Waals surface area contributed by atoms with Gasteiger partial charge in [0.2, 0.25) is 0 Å². The van der Waals surface area contributed by atoms with Crippen molar-refractivity contribution in [2.75, 3.05) is 0 Å². The maximum absolute atomic E-state index is 4.56. The molecule has 0 heterocycles. The first-order valence-corrected chi connectivity index (χ1v) is 6.18. The topological polar surface area (TPSA) is 0 Å². The fraction of sp³-hybridized carbons (Fsp3) is 0.333. The van der Waals surface area contributed by atoms with Crippen LogP contribution in [0.25, 0.3) is 11.1 Å². The molecule has 0 aromatic heterocycles. The zero-order valence-corrected chi connectivity index (χ0v) is 11.2. The molecular weight excluding hydrogens is 212 g/mol. The van der Waals surface area contributed by atoms with Crippen LogP contribution < -0.4 is 0 Å². The molecule has 0 unspecified atom stereocenters. The third kappa shape index (κ3) is 1.84. The van der Waals surface area contributed by atoms with E-state index in [9.17, 15) is 0 Å². The van der Waals surface area contributed by atoms with Crippen LogP contribution in [0.3, 0.4) is 0 Å². The molecule has 16 heavy (non-hydrogen) atoms. The molecule has 0 bridgehead atoms. The normalized spacial score (nSPS) is 11.4. The Morgan fingerprint density at radius 3 is 2.31 bits per heavy atom. The summed E-state index contributed by atoms with van der Waals surface area (Å²) in [6, 6.07) is 8.90. The van der Waals surface area contributed by atoms with E-state index in [2.05, 4.69) is 64.6 Å². The highest BCUT2D eigenvalue weighted by atomic mass is 32.1. The van der Waals surface area contributed by atoms with Gasteiger partial charge < -0.3 is 0 Å². The summed E-state index contributed by atoms with van der Waals surface area (Å²) in [4.78, 5) is 1.09. The second kappa shape index (κ2) is 4.14. The van der Waals surface area contributed by atoms with Gasteiger partial charge in [0.15, 0.2) is 0 Å². The Kier molecular flexibility index (Phi) is 2.98. The quantitative estimate of drug-likeness (QED) is 0.667. The van der Waals surface area contributed by atoms with E-state index in [1.54, 1.807) is 0 Å². The van der Waals surface area contributed by atoms with Crippen molar-refractivity contribution >= 4 is 12.6 Å². The molecule has 0 spiro atoms. The molecule has 0 N–H and O–H groups in total. The average Bonchev–Trinajstić information content (AvgIpc) is 2.39. The molecule has 1 heteroatoms. The SMILES string of the molecule is Cc1cc(S)c2c(C)ccc(C(C)C)cc1-2. The minimum absolute atomic E-state index is 0.563. The molecule has 0 saturated carbocycles. The van der Waals surface area contributed by atoms with Crippen LogP contribution in [0.15, 0.2) is 29.2 Å². The van der Waals surface area contributed by atoms with Crippen molar-refractivity contribution in [3.8, 4) is 11.1 Å². The van der Waals surface area contributed by atoms with Crippen molar-refractivity contribution in [2.24, 2.45) is 0 Å². The molecule has 0 aromatic rings. The molecule has 0 nitrogen and oxygen atoms in total. The molecule has 0 fully saturated rings. The maximum atomic E-state index is 4.56. The summed E-state index contributed by atoms with van der Waals surface area (Å²) in [6.45, 7) is 8.78. The highest BCUT2D eigenvalue weighted by Crippen LogP contribution is 2.37. The average molecular weight is 230 g/mol. The lowest BCUT2D eigenvalue weighted by Gasteiger charge is -2.03. The molecule has 0 aliphatic heterocycles. The minimum atomic E-state index is 0.563. The van der Waals surface area contributed by atoms with Gasteiger partial charge in [0.05, 0.1) is 0 Å². The highest BCUT2D eigenvalue weighted by Gasteiger charge is 2.13. The molecule has 2 aliphatic carbocycles. The van der Waals surface area contributed by atoms with E-state index in [0.717, 1.165) is 4.90 Å². The fourth-order valence-corrected chi connectivity index (χ4v) is 2.66. The van der Waals surface area contributed by atoms with E-state index in [0.29, 0.717) is 5.92 Å². The Morgan fingerprint density at radius 2 is 1.69 bits per heavy atom. The molecule has 84 valence electrons. The lowest BCUT2D eigenvalue weighted by Crippen LogP contribution is -1.83. The first-order chi connectivity index (χ1) is 7.50. The van der Waals surface area contributed by atoms with Gasteiger partial charge in [-0.2, -0.15) is 0 Å². The van der Waals surface area contributed by atoms with E-state index in [1.165, 1.54) is 27.8 Å². The van der Waals surface area contributed by atoms with Gasteiger partial charge in [0.1, 0.15) is 0 Å². The van der Waals surface area contributed by atoms with E-state index < -0.39 is 0 Å². The third-order valence-corrected chi connectivity index (χ3v) is 3.55. The monoisotopic (exact) mass is 230 g/mol. The summed E-state index contributed by atoms with van der Waals surface area (Å²) in [5.41, 5.74) is 6.66. The largest absolute Gasteiger partial charge is 0.143 e. The minimum Gasteiger partial charge on any atom is -0.143 e. The summed E-state index contributed by atoms with van der Waals surface area (Å²) in [5, 5.41) is 0. The first-order valence-electron chi connectivity index (χ1n) is 5.73. The van der Waals surface area contributed by atoms with Crippen LogP contribution in [0.5, 0.6) is 0 Å². The van der Waals surface area contributed by atoms with Crippen molar-refractivity contribution in [2.45, 2.75) is 38.5 Å². The molecular formula is C15H18S. The van der Waals surface area contributed by atoms with Crippen LogP contribution in [0.1, 0.15) is 36.5 Å². The van der Waals surface area contributed by atoms with Gasteiger partial charge >= 0.3 is 0 Å². The summed E-state index contributed by atoms with van der Waals surface area (Å²) in [5.74, 6) is 0.563. The van der Waals surface area contributed by atoms with Crippen LogP contribution >= 0.6 is 12.6 Å². The van der Waals surface area contributed by atoms with Gasteiger partial charge in [0.25, 0.3) is 0 Å². The maximum Gasteiger partial charge on any atom is 0.0124 e. The van der Waals surface area contributed by atoms with Gasteiger partial charge in [-0.1, -0.05) is 32.0 Å². The number of aryl methyl sites for hydroxylation is 2. The third-order valence-electron chi connectivity index (χ3n) is 3.20. The van der Waals surface area contributed by atoms with Crippen LogP contribution in [-0.4, -0.2) is 0 Å². The van der Waals surface area contributed by atoms with Crippen molar-refractivity contribution in [3.05, 3.63) is 41.0 Å². The van der Waals surface area contributed by atoms with Crippen LogP contribution in [0.2, 0.25) is 0 Å². The lowest BCUT2D eigenvalue weighted by molar-refractivity contribution is 0.868. The zero-order chi connectivity index (χ0) is 11.9. The van der Waals surface area contributed by atoms with Crippen LogP contribution in [0.4, 0.5) is 0 Å². The van der Waals surface area contributed by atoms with Crippen LogP contribution in [0, 0.1) is 13.8 Å². The Labute approximate surface area is 103 Å². The molecule has 0 radical (unpaired) electrons. The summed E-state index contributed by atoms with van der Waals surface area (Å²) in [7, 11) is 0. The number of hydrogen-bond donors (Lipinski definition) is 1. The number of fused-ring (bicyclic) bond motifs is 1. The summed E-state index contributed by atoms with van der Waals surface area (Å²) >= 11 is 4.56. The second-order valence-electron chi connectivity index (χ2n) is 4.82. The standard InChI is InChI=1S/C15H18S/c1-9(2)12-6-5-10(3)15-13(8-12)11(4)7-14(15)16/h5-9,16H,1-4H3. The van der Waals surface area contributed by atoms with Gasteiger partial charge in [-0.05, 0) is 53.6 Å². The van der Waals surface area contributed by atoms with Crippen molar-refractivity contribution < 1.29 is 0 Å². The van der Waals surface area contributed by atoms with E-state index in [1.807, 2.05) is 0 Å². The zero-order valence-electron chi connectivity index (χ0n) is 10.3. The molecule has 2 aliphatic rings. The molecule has 0 amide bonds. The highest BCUT2D eigenvalue weighted by molar-refractivity contribution is 7.80. The Hall–Kier alpha value is -0.950. The predicted octanol–water partition coefficient (Wildman–Crippen LogP) is 4.82. The second-order valence-corrected chi connectivity index (χ2v) is 5.30. The molecule has 0 atom stereocenters. The van der Waals surface area contributed by atoms with Crippen molar-refractivity contribution in [1.82, 2.24) is 0 Å². The van der Waals surface area contributed by atoms with E-state index >= 15 is 0 Å². The van der Waals surface area contributed by atoms with Gasteiger partial charge in [-0.25, -0.2) is 0 Å². The van der Waals surface area contributed by atoms with Gasteiger partial charge in [-0.3, -0.25) is 0 Å². The Balaban J connectivity index is 2.77. The van der Waals surface area contributed by atoms with E-state index in [-0.39, 0.29) is 0 Å². The first kappa shape index (κ1) is 11.5. The molecule has 2 rings (SSSR count). The number of rotatable bonds is 1. The van der Waals surface area contributed by atoms with Crippen molar-refractivity contribution in [3.63, 3.8) is 0 Å². The summed E-state index contributed by atoms with van der Waals surface area (Å²) in [6.07, 6.45) is 0. The van der Waals surface area contributed by atoms with Gasteiger partial charge in [-0.15, -0.1) is 12.6 Å². The Morgan fingerprint density at radius 1 is 1.00 bits per heavy atom.